The molecule has 0 radical (unpaired) electrons. The first-order valence-electron chi connectivity index (χ1n) is 18.3. The lowest BCUT2D eigenvalue weighted by Crippen LogP contribution is -1.95. The van der Waals surface area contributed by atoms with Crippen LogP contribution in [0.2, 0.25) is 0 Å². The van der Waals surface area contributed by atoms with Crippen molar-refractivity contribution in [2.24, 2.45) is 0 Å². The Morgan fingerprint density at radius 1 is 0.302 bits per heavy atom. The predicted octanol–water partition coefficient (Wildman–Crippen LogP) is 13.9. The van der Waals surface area contributed by atoms with Crippen LogP contribution in [-0.4, -0.2) is 9.55 Å². The zero-order valence-electron chi connectivity index (χ0n) is 28.6. The van der Waals surface area contributed by atoms with Gasteiger partial charge in [0, 0.05) is 17.0 Å². The van der Waals surface area contributed by atoms with Gasteiger partial charge in [-0.15, -0.1) is 0 Å². The Morgan fingerprint density at radius 3 is 1.02 bits per heavy atom. The number of hydrogen-bond acceptors (Lipinski definition) is 1. The van der Waals surface area contributed by atoms with E-state index in [9.17, 15) is 0 Å². The van der Waals surface area contributed by atoms with Crippen LogP contribution in [0.5, 0.6) is 0 Å². The van der Waals surface area contributed by atoms with Crippen LogP contribution in [0, 0.1) is 0 Å². The lowest BCUT2D eigenvalue weighted by molar-refractivity contribution is 1.14. The van der Waals surface area contributed by atoms with E-state index in [-0.39, 0.29) is 0 Å². The molecule has 53 heavy (non-hydrogen) atoms. The van der Waals surface area contributed by atoms with Crippen LogP contribution in [0.4, 0.5) is 0 Å². The normalized spacial score (nSPS) is 12.5. The van der Waals surface area contributed by atoms with Gasteiger partial charge >= 0.3 is 0 Å². The van der Waals surface area contributed by atoms with Gasteiger partial charge < -0.3 is 4.57 Å². The van der Waals surface area contributed by atoms with Gasteiger partial charge in [0.2, 0.25) is 0 Å². The van der Waals surface area contributed by atoms with Crippen molar-refractivity contribution in [2.75, 3.05) is 0 Å². The molecule has 13 aromatic rings. The largest absolute Gasteiger partial charge is 0.308 e. The molecule has 0 spiro atoms. The molecule has 0 amide bonds. The zero-order valence-corrected chi connectivity index (χ0v) is 28.6. The molecule has 0 aliphatic carbocycles. The molecule has 0 unspecified atom stereocenters. The van der Waals surface area contributed by atoms with E-state index < -0.39 is 0 Å². The van der Waals surface area contributed by atoms with Crippen LogP contribution < -0.4 is 0 Å². The summed E-state index contributed by atoms with van der Waals surface area (Å²) in [5.74, 6) is 0. The summed E-state index contributed by atoms with van der Waals surface area (Å²) in [7, 11) is 0. The SMILES string of the molecule is c1cncc(-n2c3cc(-c4cc5ccc6cccc7ccc(c4)c5c67)cc4ccc5cc(-c6cc7ccc8cccc9ccc(c6)c7c89)cc2c5c43)c1. The third-order valence-corrected chi connectivity index (χ3v) is 12.0. The van der Waals surface area contributed by atoms with Crippen molar-refractivity contribution >= 4 is 97.2 Å². The van der Waals surface area contributed by atoms with Gasteiger partial charge in [-0.25, -0.2) is 0 Å². The Hall–Kier alpha value is -7.03. The summed E-state index contributed by atoms with van der Waals surface area (Å²) in [6.45, 7) is 0. The van der Waals surface area contributed by atoms with Gasteiger partial charge in [0.15, 0.2) is 0 Å². The van der Waals surface area contributed by atoms with Gasteiger partial charge in [0.1, 0.15) is 0 Å². The minimum Gasteiger partial charge on any atom is -0.308 e. The van der Waals surface area contributed by atoms with Crippen molar-refractivity contribution in [3.8, 4) is 27.9 Å². The molecule has 2 aromatic heterocycles. The van der Waals surface area contributed by atoms with Crippen molar-refractivity contribution in [3.05, 3.63) is 170 Å². The third kappa shape index (κ3) is 3.69. The summed E-state index contributed by atoms with van der Waals surface area (Å²) in [6.07, 6.45) is 3.85. The Morgan fingerprint density at radius 2 is 0.642 bits per heavy atom. The average Bonchev–Trinajstić information content (AvgIpc) is 3.55. The van der Waals surface area contributed by atoms with Crippen LogP contribution in [-0.2, 0) is 0 Å². The molecule has 0 aliphatic heterocycles. The second-order valence-corrected chi connectivity index (χ2v) is 14.8. The monoisotopic (exact) mass is 668 g/mol. The molecule has 0 bridgehead atoms. The molecule has 0 atom stereocenters. The maximum absolute atomic E-state index is 4.60. The summed E-state index contributed by atoms with van der Waals surface area (Å²) in [6, 6.07) is 59.3. The van der Waals surface area contributed by atoms with Crippen molar-refractivity contribution in [3.63, 3.8) is 0 Å². The third-order valence-electron chi connectivity index (χ3n) is 12.0. The maximum atomic E-state index is 4.60. The molecule has 0 fully saturated rings. The molecule has 13 rings (SSSR count). The van der Waals surface area contributed by atoms with Crippen LogP contribution in [0.3, 0.4) is 0 Å². The summed E-state index contributed by atoms with van der Waals surface area (Å²) >= 11 is 0. The standard InChI is InChI=1S/C51H28N2/c1-4-29-9-13-33-20-39(21-34-14-10-30(5-1)46(29)48(33)34)41-24-37-17-18-38-25-42(27-45-51(38)50(37)44(26-41)53(45)43-8-3-19-52-28-43)40-22-35-15-11-31-6-2-7-32-12-16-36(23-40)49(35)47(31)32/h1-28H. The quantitative estimate of drug-likeness (QED) is 0.171. The molecule has 2 nitrogen and oxygen atoms in total. The van der Waals surface area contributed by atoms with E-state index in [0.717, 1.165) is 5.69 Å². The summed E-state index contributed by atoms with van der Waals surface area (Å²) < 4.78 is 2.43. The predicted molar refractivity (Wildman–Crippen MR) is 226 cm³/mol. The molecule has 2 heterocycles. The summed E-state index contributed by atoms with van der Waals surface area (Å²) in [4.78, 5) is 4.60. The fraction of sp³-hybridized carbons (Fsp3) is 0. The van der Waals surface area contributed by atoms with Crippen LogP contribution >= 0.6 is 0 Å². The number of aromatic nitrogens is 2. The van der Waals surface area contributed by atoms with Crippen molar-refractivity contribution in [1.29, 1.82) is 0 Å². The maximum Gasteiger partial charge on any atom is 0.0645 e. The highest BCUT2D eigenvalue weighted by molar-refractivity contribution is 6.28. The number of pyridine rings is 1. The lowest BCUT2D eigenvalue weighted by atomic mass is 9.90. The molecule has 0 saturated carbocycles. The fourth-order valence-electron chi connectivity index (χ4n) is 9.71. The van der Waals surface area contributed by atoms with Gasteiger partial charge in [-0.2, -0.15) is 0 Å². The van der Waals surface area contributed by atoms with E-state index >= 15 is 0 Å². The van der Waals surface area contributed by atoms with Gasteiger partial charge in [0.05, 0.1) is 22.9 Å². The highest BCUT2D eigenvalue weighted by Gasteiger charge is 2.21. The van der Waals surface area contributed by atoms with Gasteiger partial charge in [-0.1, -0.05) is 97.1 Å². The molecule has 0 N–H and O–H groups in total. The topological polar surface area (TPSA) is 17.8 Å². The second kappa shape index (κ2) is 9.85. The zero-order chi connectivity index (χ0) is 34.4. The lowest BCUT2D eigenvalue weighted by Gasteiger charge is -2.14. The number of rotatable bonds is 3. The molecule has 0 aliphatic rings. The average molecular weight is 669 g/mol. The number of hydrogen-bond donors (Lipinski definition) is 0. The first kappa shape index (κ1) is 27.7. The molecular weight excluding hydrogens is 641 g/mol. The first-order valence-corrected chi connectivity index (χ1v) is 18.3. The van der Waals surface area contributed by atoms with E-state index in [1.54, 1.807) is 0 Å². The van der Waals surface area contributed by atoms with E-state index in [1.807, 2.05) is 18.5 Å². The second-order valence-electron chi connectivity index (χ2n) is 14.8. The van der Waals surface area contributed by atoms with Crippen LogP contribution in [0.25, 0.3) is 125 Å². The van der Waals surface area contributed by atoms with Crippen molar-refractivity contribution in [1.82, 2.24) is 9.55 Å². The summed E-state index contributed by atoms with van der Waals surface area (Å²) in [5.41, 5.74) is 8.34. The first-order chi connectivity index (χ1) is 26.2. The highest BCUT2D eigenvalue weighted by Crippen LogP contribution is 2.45. The number of benzene rings is 11. The van der Waals surface area contributed by atoms with Crippen molar-refractivity contribution < 1.29 is 0 Å². The van der Waals surface area contributed by atoms with Gasteiger partial charge in [0.25, 0.3) is 0 Å². The molecular formula is C51H28N2. The van der Waals surface area contributed by atoms with Gasteiger partial charge in [-0.3, -0.25) is 4.98 Å². The number of nitrogens with zero attached hydrogens (tertiary/aromatic N) is 2. The Balaban J connectivity index is 1.08. The van der Waals surface area contributed by atoms with E-state index in [0.29, 0.717) is 0 Å². The molecule has 11 aromatic carbocycles. The van der Waals surface area contributed by atoms with Crippen LogP contribution in [0.15, 0.2) is 170 Å². The Bertz CT molecular complexity index is 3260. The van der Waals surface area contributed by atoms with E-state index in [1.165, 1.54) is 119 Å². The Kier molecular flexibility index (Phi) is 5.14. The Labute approximate surface area is 303 Å². The smallest absolute Gasteiger partial charge is 0.0645 e. The highest BCUT2D eigenvalue weighted by atomic mass is 15.0. The van der Waals surface area contributed by atoms with E-state index in [4.69, 9.17) is 0 Å². The minimum absolute atomic E-state index is 1.06. The fourth-order valence-corrected chi connectivity index (χ4v) is 9.71. The molecule has 0 saturated heterocycles. The van der Waals surface area contributed by atoms with Gasteiger partial charge in [-0.05, 0) is 158 Å². The summed E-state index contributed by atoms with van der Waals surface area (Å²) in [5, 5.41) is 20.8. The van der Waals surface area contributed by atoms with Crippen LogP contribution in [0.1, 0.15) is 0 Å². The minimum atomic E-state index is 1.06. The molecule has 242 valence electrons. The van der Waals surface area contributed by atoms with Crippen molar-refractivity contribution in [2.45, 2.75) is 0 Å². The molecule has 2 heteroatoms. The van der Waals surface area contributed by atoms with E-state index in [2.05, 4.69) is 161 Å².